The van der Waals surface area contributed by atoms with Gasteiger partial charge in [0, 0.05) is 11.6 Å². The molecular weight excluding hydrogens is 270 g/mol. The van der Waals surface area contributed by atoms with Crippen LogP contribution in [0.3, 0.4) is 0 Å². The fourth-order valence-electron chi connectivity index (χ4n) is 2.02. The number of ether oxygens (including phenoxy) is 1. The molecule has 0 bridgehead atoms. The van der Waals surface area contributed by atoms with Gasteiger partial charge in [-0.1, -0.05) is 50.4 Å². The molecule has 0 spiro atoms. The van der Waals surface area contributed by atoms with Crippen molar-refractivity contribution >= 4 is 11.6 Å². The van der Waals surface area contributed by atoms with Crippen molar-refractivity contribution in [1.29, 1.82) is 0 Å². The Kier molecular flexibility index (Phi) is 9.73. The lowest BCUT2D eigenvalue weighted by molar-refractivity contribution is 0.116. The van der Waals surface area contributed by atoms with Crippen molar-refractivity contribution in [3.63, 3.8) is 0 Å². The lowest BCUT2D eigenvalue weighted by atomic mass is 10.2. The molecule has 1 aromatic rings. The predicted octanol–water partition coefficient (Wildman–Crippen LogP) is 4.66. The first-order chi connectivity index (χ1) is 9.68. The van der Waals surface area contributed by atoms with Crippen LogP contribution in [-0.4, -0.2) is 19.7 Å². The van der Waals surface area contributed by atoms with Crippen LogP contribution in [0.1, 0.15) is 45.1 Å². The summed E-state index contributed by atoms with van der Waals surface area (Å²) in [4.78, 5) is 0. The van der Waals surface area contributed by atoms with Crippen LogP contribution in [0.25, 0.3) is 0 Å². The second-order valence-corrected chi connectivity index (χ2v) is 6.13. The molecule has 0 fully saturated rings. The highest BCUT2D eigenvalue weighted by Crippen LogP contribution is 2.11. The van der Waals surface area contributed by atoms with Crippen molar-refractivity contribution < 1.29 is 4.74 Å². The number of rotatable bonds is 11. The first kappa shape index (κ1) is 17.5. The molecule has 0 aliphatic carbocycles. The molecule has 0 atom stereocenters. The quantitative estimate of drug-likeness (QED) is 0.600. The average Bonchev–Trinajstić information content (AvgIpc) is 2.40. The standard InChI is InChI=1S/C17H28ClNO/c1-15(2)13-19-10-5-3-4-6-11-20-14-16-8-7-9-17(18)12-16/h7-9,12,15,19H,3-6,10-11,13-14H2,1-2H3. The van der Waals surface area contributed by atoms with Crippen LogP contribution in [0, 0.1) is 5.92 Å². The summed E-state index contributed by atoms with van der Waals surface area (Å²) in [7, 11) is 0. The largest absolute Gasteiger partial charge is 0.377 e. The van der Waals surface area contributed by atoms with E-state index in [-0.39, 0.29) is 0 Å². The van der Waals surface area contributed by atoms with E-state index in [0.717, 1.165) is 42.6 Å². The highest BCUT2D eigenvalue weighted by Gasteiger charge is 1.96. The average molecular weight is 298 g/mol. The summed E-state index contributed by atoms with van der Waals surface area (Å²) in [5, 5.41) is 4.25. The maximum atomic E-state index is 5.93. The second-order valence-electron chi connectivity index (χ2n) is 5.69. The molecule has 114 valence electrons. The van der Waals surface area contributed by atoms with E-state index in [2.05, 4.69) is 19.2 Å². The molecular formula is C17H28ClNO. The Balaban J connectivity index is 1.88. The molecule has 3 heteroatoms. The van der Waals surface area contributed by atoms with Gasteiger partial charge in [-0.3, -0.25) is 0 Å². The third kappa shape index (κ3) is 9.35. The van der Waals surface area contributed by atoms with Crippen LogP contribution in [0.5, 0.6) is 0 Å². The van der Waals surface area contributed by atoms with Crippen LogP contribution in [0.4, 0.5) is 0 Å². The van der Waals surface area contributed by atoms with Crippen molar-refractivity contribution in [2.24, 2.45) is 5.92 Å². The van der Waals surface area contributed by atoms with E-state index >= 15 is 0 Å². The van der Waals surface area contributed by atoms with Gasteiger partial charge in [0.2, 0.25) is 0 Å². The summed E-state index contributed by atoms with van der Waals surface area (Å²) >= 11 is 5.93. The molecule has 0 aliphatic heterocycles. The monoisotopic (exact) mass is 297 g/mol. The minimum absolute atomic E-state index is 0.663. The van der Waals surface area contributed by atoms with Gasteiger partial charge in [0.15, 0.2) is 0 Å². The Labute approximate surface area is 128 Å². The van der Waals surface area contributed by atoms with Gasteiger partial charge in [-0.15, -0.1) is 0 Å². The molecule has 0 aliphatic rings. The van der Waals surface area contributed by atoms with Crippen LogP contribution in [0.15, 0.2) is 24.3 Å². The van der Waals surface area contributed by atoms with Gasteiger partial charge in [0.1, 0.15) is 0 Å². The summed E-state index contributed by atoms with van der Waals surface area (Å²) in [5.74, 6) is 0.745. The van der Waals surface area contributed by atoms with E-state index in [4.69, 9.17) is 16.3 Å². The summed E-state index contributed by atoms with van der Waals surface area (Å²) in [6, 6.07) is 7.86. The Morgan fingerprint density at radius 1 is 1.15 bits per heavy atom. The fourth-order valence-corrected chi connectivity index (χ4v) is 2.23. The van der Waals surface area contributed by atoms with Gasteiger partial charge in [0.05, 0.1) is 6.61 Å². The topological polar surface area (TPSA) is 21.3 Å². The number of hydrogen-bond acceptors (Lipinski definition) is 2. The zero-order chi connectivity index (χ0) is 14.6. The molecule has 0 unspecified atom stereocenters. The molecule has 1 N–H and O–H groups in total. The SMILES string of the molecule is CC(C)CNCCCCCCOCc1cccc(Cl)c1. The smallest absolute Gasteiger partial charge is 0.0717 e. The molecule has 0 saturated carbocycles. The predicted molar refractivity (Wildman–Crippen MR) is 87.3 cm³/mol. The molecule has 20 heavy (non-hydrogen) atoms. The van der Waals surface area contributed by atoms with Crippen LogP contribution in [0.2, 0.25) is 5.02 Å². The molecule has 0 heterocycles. The number of nitrogens with one attached hydrogen (secondary N) is 1. The summed E-state index contributed by atoms with van der Waals surface area (Å²) < 4.78 is 5.66. The highest BCUT2D eigenvalue weighted by atomic mass is 35.5. The van der Waals surface area contributed by atoms with Gasteiger partial charge >= 0.3 is 0 Å². The molecule has 0 aromatic heterocycles. The Bertz CT molecular complexity index is 355. The molecule has 0 amide bonds. The number of unbranched alkanes of at least 4 members (excludes halogenated alkanes) is 3. The first-order valence-electron chi connectivity index (χ1n) is 7.71. The van der Waals surface area contributed by atoms with E-state index in [9.17, 15) is 0 Å². The zero-order valence-corrected chi connectivity index (χ0v) is 13.6. The minimum atomic E-state index is 0.663. The van der Waals surface area contributed by atoms with Crippen LogP contribution >= 0.6 is 11.6 Å². The maximum absolute atomic E-state index is 5.93. The molecule has 1 aromatic carbocycles. The third-order valence-corrected chi connectivity index (χ3v) is 3.34. The van der Waals surface area contributed by atoms with Crippen LogP contribution < -0.4 is 5.32 Å². The van der Waals surface area contributed by atoms with E-state index in [1.165, 1.54) is 19.3 Å². The van der Waals surface area contributed by atoms with Gasteiger partial charge in [-0.2, -0.15) is 0 Å². The summed E-state index contributed by atoms with van der Waals surface area (Å²) in [5.41, 5.74) is 1.15. The molecule has 0 saturated heterocycles. The highest BCUT2D eigenvalue weighted by molar-refractivity contribution is 6.30. The van der Waals surface area contributed by atoms with Crippen molar-refractivity contribution in [3.05, 3.63) is 34.9 Å². The summed E-state index contributed by atoms with van der Waals surface area (Å²) in [6.07, 6.45) is 4.94. The van der Waals surface area contributed by atoms with E-state index in [1.807, 2.05) is 24.3 Å². The minimum Gasteiger partial charge on any atom is -0.377 e. The maximum Gasteiger partial charge on any atom is 0.0717 e. The lowest BCUT2D eigenvalue weighted by Gasteiger charge is -2.07. The Morgan fingerprint density at radius 2 is 1.95 bits per heavy atom. The third-order valence-electron chi connectivity index (χ3n) is 3.10. The fraction of sp³-hybridized carbons (Fsp3) is 0.647. The lowest BCUT2D eigenvalue weighted by Crippen LogP contribution is -2.20. The Morgan fingerprint density at radius 3 is 2.70 bits per heavy atom. The number of benzene rings is 1. The molecule has 1 rings (SSSR count). The van der Waals surface area contributed by atoms with Gasteiger partial charge in [-0.05, 0) is 49.5 Å². The normalized spacial score (nSPS) is 11.2. The second kappa shape index (κ2) is 11.1. The number of hydrogen-bond donors (Lipinski definition) is 1. The first-order valence-corrected chi connectivity index (χ1v) is 8.09. The van der Waals surface area contributed by atoms with Gasteiger partial charge in [-0.25, -0.2) is 0 Å². The van der Waals surface area contributed by atoms with E-state index in [1.54, 1.807) is 0 Å². The molecule has 0 radical (unpaired) electrons. The summed E-state index contributed by atoms with van der Waals surface area (Å²) in [6.45, 7) is 8.25. The molecule has 2 nitrogen and oxygen atoms in total. The Hall–Kier alpha value is -0.570. The number of halogens is 1. The van der Waals surface area contributed by atoms with Crippen molar-refractivity contribution in [2.75, 3.05) is 19.7 Å². The van der Waals surface area contributed by atoms with E-state index in [0.29, 0.717) is 6.61 Å². The van der Waals surface area contributed by atoms with Crippen LogP contribution in [-0.2, 0) is 11.3 Å². The van der Waals surface area contributed by atoms with Crippen molar-refractivity contribution in [2.45, 2.75) is 46.1 Å². The zero-order valence-electron chi connectivity index (χ0n) is 12.8. The van der Waals surface area contributed by atoms with E-state index < -0.39 is 0 Å². The van der Waals surface area contributed by atoms with Crippen molar-refractivity contribution in [1.82, 2.24) is 5.32 Å². The van der Waals surface area contributed by atoms with Gasteiger partial charge in [0.25, 0.3) is 0 Å². The van der Waals surface area contributed by atoms with Gasteiger partial charge < -0.3 is 10.1 Å². The van der Waals surface area contributed by atoms with Crippen molar-refractivity contribution in [3.8, 4) is 0 Å².